The maximum Gasteiger partial charge on any atom is 0.270 e. The Hall–Kier alpha value is -3.47. The van der Waals surface area contributed by atoms with Gasteiger partial charge in [0.15, 0.2) is 0 Å². The minimum atomic E-state index is -0.248. The van der Waals surface area contributed by atoms with Gasteiger partial charge in [-0.1, -0.05) is 48.5 Å². The Bertz CT molecular complexity index is 1160. The number of aromatic nitrogens is 2. The Morgan fingerprint density at radius 2 is 1.73 bits per heavy atom. The van der Waals surface area contributed by atoms with Crippen LogP contribution in [0.3, 0.4) is 0 Å². The zero-order chi connectivity index (χ0) is 17.9. The molecule has 5 heteroatoms. The lowest BCUT2D eigenvalue weighted by atomic mass is 10.1. The molecule has 3 aromatic carbocycles. The van der Waals surface area contributed by atoms with Crippen molar-refractivity contribution in [2.45, 2.75) is 12.8 Å². The highest BCUT2D eigenvalue weighted by molar-refractivity contribution is 6.02. The van der Waals surface area contributed by atoms with Gasteiger partial charge in [0.25, 0.3) is 5.56 Å². The summed E-state index contributed by atoms with van der Waals surface area (Å²) in [7, 11) is 0. The molecule has 2 N–H and O–H groups in total. The summed E-state index contributed by atoms with van der Waals surface area (Å²) < 4.78 is 0. The number of nitrogens with one attached hydrogen (secondary N) is 2. The number of para-hydroxylation sites is 2. The topological polar surface area (TPSA) is 74.8 Å². The molecule has 1 amide bonds. The van der Waals surface area contributed by atoms with Crippen molar-refractivity contribution in [3.05, 3.63) is 82.8 Å². The second kappa shape index (κ2) is 6.80. The average Bonchev–Trinajstić information content (AvgIpc) is 2.66. The van der Waals surface area contributed by atoms with E-state index in [4.69, 9.17) is 0 Å². The second-order valence-electron chi connectivity index (χ2n) is 6.10. The van der Waals surface area contributed by atoms with Gasteiger partial charge in [0.2, 0.25) is 5.91 Å². The standard InChI is InChI=1S/C21H17N3O2/c25-20(23-16-11-5-7-14-6-1-2-8-15(14)16)13-12-19-21(26)24-18-10-4-3-9-17(18)22-19/h1-11H,12-13H2,(H,23,25)(H,24,26). The van der Waals surface area contributed by atoms with Crippen molar-refractivity contribution in [3.63, 3.8) is 0 Å². The molecule has 0 bridgehead atoms. The first-order valence-electron chi connectivity index (χ1n) is 8.46. The van der Waals surface area contributed by atoms with Crippen molar-refractivity contribution < 1.29 is 4.79 Å². The number of aromatic amines is 1. The zero-order valence-electron chi connectivity index (χ0n) is 14.0. The van der Waals surface area contributed by atoms with Crippen LogP contribution in [0, 0.1) is 0 Å². The van der Waals surface area contributed by atoms with Crippen LogP contribution in [0.4, 0.5) is 5.69 Å². The first-order valence-corrected chi connectivity index (χ1v) is 8.46. The quantitative estimate of drug-likeness (QED) is 0.594. The number of amides is 1. The van der Waals surface area contributed by atoms with Gasteiger partial charge in [0, 0.05) is 23.9 Å². The smallest absolute Gasteiger partial charge is 0.270 e. The summed E-state index contributed by atoms with van der Waals surface area (Å²) in [4.78, 5) is 31.7. The molecule has 1 heterocycles. The van der Waals surface area contributed by atoms with Crippen LogP contribution >= 0.6 is 0 Å². The van der Waals surface area contributed by atoms with E-state index in [1.165, 1.54) is 0 Å². The predicted molar refractivity (Wildman–Crippen MR) is 103 cm³/mol. The van der Waals surface area contributed by atoms with E-state index in [0.29, 0.717) is 11.2 Å². The van der Waals surface area contributed by atoms with Gasteiger partial charge < -0.3 is 10.3 Å². The van der Waals surface area contributed by atoms with E-state index in [0.717, 1.165) is 22.0 Å². The SMILES string of the molecule is O=C(CCc1nc2ccccc2[nH]c1=O)Nc1cccc2ccccc12. The Balaban J connectivity index is 1.50. The molecule has 0 aliphatic heterocycles. The molecule has 0 atom stereocenters. The van der Waals surface area contributed by atoms with Crippen LogP contribution in [0.5, 0.6) is 0 Å². The number of H-pyrrole nitrogens is 1. The normalized spacial score (nSPS) is 10.9. The fourth-order valence-corrected chi connectivity index (χ4v) is 3.02. The molecular formula is C21H17N3O2. The van der Waals surface area contributed by atoms with Crippen molar-refractivity contribution in [3.8, 4) is 0 Å². The maximum atomic E-state index is 12.4. The Labute approximate surface area is 149 Å². The summed E-state index contributed by atoms with van der Waals surface area (Å²) in [5.41, 5.74) is 2.31. The maximum absolute atomic E-state index is 12.4. The monoisotopic (exact) mass is 343 g/mol. The fraction of sp³-hybridized carbons (Fsp3) is 0.0952. The first-order chi connectivity index (χ1) is 12.7. The van der Waals surface area contributed by atoms with Gasteiger partial charge in [0.05, 0.1) is 11.0 Å². The van der Waals surface area contributed by atoms with Crippen LogP contribution in [0.2, 0.25) is 0 Å². The highest BCUT2D eigenvalue weighted by Gasteiger charge is 2.09. The van der Waals surface area contributed by atoms with Gasteiger partial charge in [-0.3, -0.25) is 9.59 Å². The first kappa shape index (κ1) is 16.0. The molecule has 0 radical (unpaired) electrons. The molecule has 128 valence electrons. The summed E-state index contributed by atoms with van der Waals surface area (Å²) in [6.45, 7) is 0. The highest BCUT2D eigenvalue weighted by Crippen LogP contribution is 2.23. The van der Waals surface area contributed by atoms with Crippen LogP contribution in [0.1, 0.15) is 12.1 Å². The van der Waals surface area contributed by atoms with Gasteiger partial charge in [-0.05, 0) is 23.6 Å². The van der Waals surface area contributed by atoms with E-state index in [1.807, 2.05) is 60.7 Å². The molecule has 4 rings (SSSR count). The van der Waals surface area contributed by atoms with Crippen molar-refractivity contribution in [2.75, 3.05) is 5.32 Å². The zero-order valence-corrected chi connectivity index (χ0v) is 14.0. The van der Waals surface area contributed by atoms with Crippen LogP contribution in [-0.4, -0.2) is 15.9 Å². The van der Waals surface area contributed by atoms with E-state index in [2.05, 4.69) is 15.3 Å². The van der Waals surface area contributed by atoms with E-state index in [9.17, 15) is 9.59 Å². The molecule has 0 fully saturated rings. The van der Waals surface area contributed by atoms with Gasteiger partial charge in [-0.2, -0.15) is 0 Å². The lowest BCUT2D eigenvalue weighted by Crippen LogP contribution is -2.19. The minimum Gasteiger partial charge on any atom is -0.326 e. The molecule has 4 aromatic rings. The highest BCUT2D eigenvalue weighted by atomic mass is 16.1. The van der Waals surface area contributed by atoms with Crippen molar-refractivity contribution in [1.82, 2.24) is 9.97 Å². The van der Waals surface area contributed by atoms with E-state index < -0.39 is 0 Å². The van der Waals surface area contributed by atoms with Crippen molar-refractivity contribution >= 4 is 33.4 Å². The molecule has 0 aliphatic rings. The number of nitrogens with zero attached hydrogens (tertiary/aromatic N) is 1. The molecule has 0 aliphatic carbocycles. The summed E-state index contributed by atoms with van der Waals surface area (Å²) in [5, 5.41) is 4.99. The van der Waals surface area contributed by atoms with Gasteiger partial charge >= 0.3 is 0 Å². The summed E-state index contributed by atoms with van der Waals surface area (Å²) in [6, 6.07) is 21.0. The number of carbonyl (C=O) groups excluding carboxylic acids is 1. The largest absolute Gasteiger partial charge is 0.326 e. The molecule has 0 saturated heterocycles. The number of hydrogen-bond donors (Lipinski definition) is 2. The van der Waals surface area contributed by atoms with Gasteiger partial charge in [-0.15, -0.1) is 0 Å². The lowest BCUT2D eigenvalue weighted by molar-refractivity contribution is -0.116. The number of carbonyl (C=O) groups is 1. The van der Waals surface area contributed by atoms with E-state index in [1.54, 1.807) is 6.07 Å². The number of rotatable bonds is 4. The number of anilines is 1. The number of benzene rings is 3. The fourth-order valence-electron chi connectivity index (χ4n) is 3.02. The molecule has 26 heavy (non-hydrogen) atoms. The molecule has 5 nitrogen and oxygen atoms in total. The van der Waals surface area contributed by atoms with Gasteiger partial charge in [-0.25, -0.2) is 4.98 Å². The average molecular weight is 343 g/mol. The Morgan fingerprint density at radius 3 is 2.65 bits per heavy atom. The number of fused-ring (bicyclic) bond motifs is 2. The Morgan fingerprint density at radius 1 is 0.962 bits per heavy atom. The molecule has 1 aromatic heterocycles. The third kappa shape index (κ3) is 3.19. The van der Waals surface area contributed by atoms with Crippen molar-refractivity contribution in [1.29, 1.82) is 0 Å². The Kier molecular flexibility index (Phi) is 4.19. The predicted octanol–water partition coefficient (Wildman–Crippen LogP) is 3.65. The summed E-state index contributed by atoms with van der Waals surface area (Å²) in [5.74, 6) is -0.143. The third-order valence-corrected chi connectivity index (χ3v) is 4.32. The van der Waals surface area contributed by atoms with Crippen LogP contribution in [-0.2, 0) is 11.2 Å². The number of hydrogen-bond acceptors (Lipinski definition) is 3. The van der Waals surface area contributed by atoms with E-state index in [-0.39, 0.29) is 24.3 Å². The second-order valence-corrected chi connectivity index (χ2v) is 6.10. The third-order valence-electron chi connectivity index (χ3n) is 4.32. The lowest BCUT2D eigenvalue weighted by Gasteiger charge is -2.08. The van der Waals surface area contributed by atoms with Crippen LogP contribution in [0.25, 0.3) is 21.8 Å². The molecule has 0 unspecified atom stereocenters. The van der Waals surface area contributed by atoms with Crippen LogP contribution in [0.15, 0.2) is 71.5 Å². The summed E-state index contributed by atoms with van der Waals surface area (Å²) >= 11 is 0. The molecule has 0 saturated carbocycles. The minimum absolute atomic E-state index is 0.143. The van der Waals surface area contributed by atoms with E-state index >= 15 is 0 Å². The molecule has 0 spiro atoms. The van der Waals surface area contributed by atoms with Crippen LogP contribution < -0.4 is 10.9 Å². The van der Waals surface area contributed by atoms with Gasteiger partial charge in [0.1, 0.15) is 5.69 Å². The van der Waals surface area contributed by atoms with Crippen molar-refractivity contribution in [2.24, 2.45) is 0 Å². The number of aryl methyl sites for hydroxylation is 1. The molecular weight excluding hydrogens is 326 g/mol. The summed E-state index contributed by atoms with van der Waals surface area (Å²) in [6.07, 6.45) is 0.481.